The molecule has 39 heavy (non-hydrogen) atoms. The van der Waals surface area contributed by atoms with Crippen molar-refractivity contribution < 1.29 is 9.59 Å². The lowest BCUT2D eigenvalue weighted by atomic mass is 10.0. The number of amides is 2. The molecule has 2 N–H and O–H groups in total. The van der Waals surface area contributed by atoms with Crippen LogP contribution in [0.2, 0.25) is 0 Å². The Bertz CT molecular complexity index is 1640. The fourth-order valence-corrected chi connectivity index (χ4v) is 4.80. The van der Waals surface area contributed by atoms with Gasteiger partial charge in [0.25, 0.3) is 5.91 Å². The van der Waals surface area contributed by atoms with E-state index in [1.165, 1.54) is 10.8 Å². The van der Waals surface area contributed by atoms with Crippen molar-refractivity contribution in [1.82, 2.24) is 15.3 Å². The summed E-state index contributed by atoms with van der Waals surface area (Å²) in [5.41, 5.74) is 8.11. The smallest absolute Gasteiger partial charge is 0.251 e. The summed E-state index contributed by atoms with van der Waals surface area (Å²) in [5.74, 6) is -0.529. The highest BCUT2D eigenvalue weighted by Gasteiger charge is 2.19. The lowest BCUT2D eigenvalue weighted by Gasteiger charge is -2.18. The molecule has 0 aliphatic carbocycles. The maximum atomic E-state index is 12.9. The lowest BCUT2D eigenvalue weighted by Crippen LogP contribution is -2.32. The zero-order valence-corrected chi connectivity index (χ0v) is 22.0. The van der Waals surface area contributed by atoms with Crippen LogP contribution in [0.5, 0.6) is 0 Å². The van der Waals surface area contributed by atoms with E-state index in [4.69, 9.17) is 0 Å². The molecule has 1 aromatic heterocycles. The molecule has 6 nitrogen and oxygen atoms in total. The number of hydrogen-bond acceptors (Lipinski definition) is 3. The van der Waals surface area contributed by atoms with Crippen molar-refractivity contribution in [3.05, 3.63) is 137 Å². The molecule has 0 unspecified atom stereocenters. The highest BCUT2D eigenvalue weighted by Crippen LogP contribution is 2.24. The molecule has 4 aromatic carbocycles. The fourth-order valence-electron chi connectivity index (χ4n) is 4.80. The second kappa shape index (κ2) is 11.6. The van der Waals surface area contributed by atoms with Gasteiger partial charge in [-0.05, 0) is 60.5 Å². The number of carbonyl (C=O) groups is 2. The number of rotatable bonds is 8. The average molecular weight is 515 g/mol. The monoisotopic (exact) mass is 514 g/mol. The van der Waals surface area contributed by atoms with E-state index in [2.05, 4.69) is 57.7 Å². The van der Waals surface area contributed by atoms with Crippen LogP contribution in [0.25, 0.3) is 16.5 Å². The Morgan fingerprint density at radius 2 is 1.49 bits per heavy atom. The van der Waals surface area contributed by atoms with Crippen LogP contribution >= 0.6 is 0 Å². The Morgan fingerprint density at radius 3 is 2.23 bits per heavy atom. The minimum Gasteiger partial charge on any atom is -0.345 e. The normalized spacial score (nSPS) is 11.9. The third kappa shape index (κ3) is 5.96. The van der Waals surface area contributed by atoms with Gasteiger partial charge in [0.15, 0.2) is 0 Å². The first-order valence-corrected chi connectivity index (χ1v) is 12.9. The van der Waals surface area contributed by atoms with Crippen LogP contribution in [-0.2, 0) is 4.79 Å². The molecule has 194 valence electrons. The molecule has 0 spiro atoms. The zero-order chi connectivity index (χ0) is 27.2. The first-order valence-electron chi connectivity index (χ1n) is 12.9. The molecule has 0 bridgehead atoms. The molecule has 6 heteroatoms. The van der Waals surface area contributed by atoms with Gasteiger partial charge in [-0.1, -0.05) is 78.9 Å². The predicted octanol–water partition coefficient (Wildman–Crippen LogP) is 6.26. The topological polar surface area (TPSA) is 75.5 Å². The number of fused-ring (bicyclic) bond motifs is 1. The van der Waals surface area contributed by atoms with E-state index in [-0.39, 0.29) is 18.2 Å². The maximum Gasteiger partial charge on any atom is 0.251 e. The maximum absolute atomic E-state index is 12.9. The van der Waals surface area contributed by atoms with Gasteiger partial charge in [0.2, 0.25) is 5.91 Å². The number of nitrogens with zero attached hydrogens (tertiary/aromatic N) is 2. The van der Waals surface area contributed by atoms with Crippen LogP contribution < -0.4 is 10.7 Å². The number of aryl methyl sites for hydroxylation is 1. The van der Waals surface area contributed by atoms with Crippen molar-refractivity contribution in [2.75, 3.05) is 0 Å². The third-order valence-electron chi connectivity index (χ3n) is 6.79. The summed E-state index contributed by atoms with van der Waals surface area (Å²) in [4.78, 5) is 25.7. The summed E-state index contributed by atoms with van der Waals surface area (Å²) in [5, 5.41) is 9.59. The van der Waals surface area contributed by atoms with Gasteiger partial charge in [0, 0.05) is 28.2 Å². The number of hydrogen-bond donors (Lipinski definition) is 2. The van der Waals surface area contributed by atoms with Crippen LogP contribution in [-0.4, -0.2) is 22.6 Å². The third-order valence-corrected chi connectivity index (χ3v) is 6.79. The zero-order valence-electron chi connectivity index (χ0n) is 22.0. The summed E-state index contributed by atoms with van der Waals surface area (Å²) >= 11 is 0. The Kier molecular flexibility index (Phi) is 7.64. The largest absolute Gasteiger partial charge is 0.345 e. The van der Waals surface area contributed by atoms with Gasteiger partial charge in [-0.25, -0.2) is 5.43 Å². The summed E-state index contributed by atoms with van der Waals surface area (Å²) in [6.07, 6.45) is 1.72. The molecule has 0 radical (unpaired) electrons. The van der Waals surface area contributed by atoms with Crippen molar-refractivity contribution in [2.45, 2.75) is 26.3 Å². The van der Waals surface area contributed by atoms with Crippen molar-refractivity contribution in [1.29, 1.82) is 0 Å². The molecule has 1 heterocycles. The van der Waals surface area contributed by atoms with E-state index in [0.29, 0.717) is 5.56 Å². The van der Waals surface area contributed by atoms with E-state index >= 15 is 0 Å². The summed E-state index contributed by atoms with van der Waals surface area (Å²) in [7, 11) is 0. The first-order chi connectivity index (χ1) is 19.0. The standard InChI is InChI=1S/C33H30N4O2/c1-23-19-29(24(2)37(23)30-18-17-25-11-9-10-16-28(25)20-30)22-34-36-32(38)21-31(26-12-5-3-6-13-26)35-33(39)27-14-7-4-8-15-27/h3-20,22,31H,21H2,1-2H3,(H,35,39)(H,36,38)/b34-22-/t31-/m1/s1. The number of benzene rings is 4. The molecule has 0 saturated heterocycles. The minimum atomic E-state index is -0.493. The Hall–Kier alpha value is -4.97. The summed E-state index contributed by atoms with van der Waals surface area (Å²) in [6.45, 7) is 4.09. The Morgan fingerprint density at radius 1 is 0.821 bits per heavy atom. The van der Waals surface area contributed by atoms with E-state index in [1.54, 1.807) is 18.3 Å². The van der Waals surface area contributed by atoms with Crippen LogP contribution in [0.3, 0.4) is 0 Å². The molecule has 0 saturated carbocycles. The van der Waals surface area contributed by atoms with Crippen molar-refractivity contribution in [2.24, 2.45) is 5.10 Å². The molecule has 0 aliphatic heterocycles. The Balaban J connectivity index is 1.28. The van der Waals surface area contributed by atoms with Crippen molar-refractivity contribution >= 4 is 28.8 Å². The molecule has 5 rings (SSSR count). The van der Waals surface area contributed by atoms with E-state index in [0.717, 1.165) is 28.2 Å². The van der Waals surface area contributed by atoms with Crippen LogP contribution in [0.4, 0.5) is 0 Å². The molecular weight excluding hydrogens is 484 g/mol. The van der Waals surface area contributed by atoms with Gasteiger partial charge in [0.05, 0.1) is 18.7 Å². The lowest BCUT2D eigenvalue weighted by molar-refractivity contribution is -0.121. The van der Waals surface area contributed by atoms with Crippen LogP contribution in [0, 0.1) is 13.8 Å². The Labute approximate surface area is 228 Å². The highest BCUT2D eigenvalue weighted by molar-refractivity contribution is 5.95. The number of hydrazone groups is 1. The van der Waals surface area contributed by atoms with Gasteiger partial charge in [-0.3, -0.25) is 9.59 Å². The number of carbonyl (C=O) groups excluding carboxylic acids is 2. The molecule has 0 fully saturated rings. The van der Waals surface area contributed by atoms with E-state index < -0.39 is 6.04 Å². The van der Waals surface area contributed by atoms with E-state index in [1.807, 2.05) is 73.7 Å². The molecule has 0 aliphatic rings. The summed E-state index contributed by atoms with van der Waals surface area (Å²) < 4.78 is 2.18. The second-order valence-corrected chi connectivity index (χ2v) is 9.49. The van der Waals surface area contributed by atoms with E-state index in [9.17, 15) is 9.59 Å². The quantitative estimate of drug-likeness (QED) is 0.189. The first kappa shape index (κ1) is 25.7. The molecule has 1 atom stereocenters. The van der Waals surface area contributed by atoms with Gasteiger partial charge in [0.1, 0.15) is 0 Å². The summed E-state index contributed by atoms with van der Waals surface area (Å²) in [6, 6.07) is 34.7. The molecule has 2 amide bonds. The van der Waals surface area contributed by atoms with Crippen LogP contribution in [0.1, 0.15) is 45.3 Å². The molecular formula is C33H30N4O2. The second-order valence-electron chi connectivity index (χ2n) is 9.49. The fraction of sp³-hybridized carbons (Fsp3) is 0.121. The van der Waals surface area contributed by atoms with Gasteiger partial charge in [-0.15, -0.1) is 0 Å². The number of nitrogens with one attached hydrogen (secondary N) is 2. The predicted molar refractivity (Wildman–Crippen MR) is 156 cm³/mol. The highest BCUT2D eigenvalue weighted by atomic mass is 16.2. The minimum absolute atomic E-state index is 0.0516. The van der Waals surface area contributed by atoms with Gasteiger partial charge in [-0.2, -0.15) is 5.10 Å². The van der Waals surface area contributed by atoms with Crippen molar-refractivity contribution in [3.8, 4) is 5.69 Å². The van der Waals surface area contributed by atoms with Gasteiger partial charge >= 0.3 is 0 Å². The van der Waals surface area contributed by atoms with Crippen molar-refractivity contribution in [3.63, 3.8) is 0 Å². The molecule has 5 aromatic rings. The van der Waals surface area contributed by atoms with Gasteiger partial charge < -0.3 is 9.88 Å². The SMILES string of the molecule is Cc1cc(/C=N\NC(=O)C[C@@H](NC(=O)c2ccccc2)c2ccccc2)c(C)n1-c1ccc2ccccc2c1. The van der Waals surface area contributed by atoms with Crippen LogP contribution in [0.15, 0.2) is 114 Å². The number of aromatic nitrogens is 1. The average Bonchev–Trinajstić information content (AvgIpc) is 3.25.